The molecule has 0 aliphatic heterocycles. The second-order valence-electron chi connectivity index (χ2n) is 3.87. The molecule has 0 amide bonds. The molecule has 2 N–H and O–H groups in total. The van der Waals surface area contributed by atoms with Gasteiger partial charge in [0.1, 0.15) is 5.76 Å². The number of nitrogens with one attached hydrogen (secondary N) is 1. The summed E-state index contributed by atoms with van der Waals surface area (Å²) in [4.78, 5) is 10.8. The molecule has 0 aliphatic rings. The lowest BCUT2D eigenvalue weighted by molar-refractivity contribution is 0.0659. The SMILES string of the molecule is Cc1cc(CNCCn2ccnn2)oc1C(=O)O. The number of hydrogen-bond acceptors (Lipinski definition) is 5. The van der Waals surface area contributed by atoms with E-state index in [0.29, 0.717) is 31.0 Å². The fourth-order valence-corrected chi connectivity index (χ4v) is 1.60. The average Bonchev–Trinajstić information content (AvgIpc) is 2.94. The van der Waals surface area contributed by atoms with Crippen LogP contribution in [-0.2, 0) is 13.1 Å². The van der Waals surface area contributed by atoms with Gasteiger partial charge in [-0.15, -0.1) is 5.10 Å². The Kier molecular flexibility index (Phi) is 3.73. The van der Waals surface area contributed by atoms with Crippen LogP contribution in [0.1, 0.15) is 21.9 Å². The molecular formula is C11H14N4O3. The minimum atomic E-state index is -1.04. The standard InChI is InChI=1S/C11H14N4O3/c1-8-6-9(18-10(8)11(16)17)7-12-2-4-15-5-3-13-14-15/h3,5-6,12H,2,4,7H2,1H3,(H,16,17). The van der Waals surface area contributed by atoms with Gasteiger partial charge in [-0.1, -0.05) is 5.21 Å². The van der Waals surface area contributed by atoms with Gasteiger partial charge in [-0.05, 0) is 13.0 Å². The number of aromatic carboxylic acids is 1. The van der Waals surface area contributed by atoms with Crippen LogP contribution in [-0.4, -0.2) is 32.6 Å². The van der Waals surface area contributed by atoms with Gasteiger partial charge in [-0.3, -0.25) is 4.68 Å². The minimum Gasteiger partial charge on any atom is -0.475 e. The van der Waals surface area contributed by atoms with Crippen molar-refractivity contribution in [1.29, 1.82) is 0 Å². The van der Waals surface area contributed by atoms with E-state index >= 15 is 0 Å². The molecule has 0 aliphatic carbocycles. The largest absolute Gasteiger partial charge is 0.475 e. The topological polar surface area (TPSA) is 93.2 Å². The van der Waals surface area contributed by atoms with Gasteiger partial charge in [0.2, 0.25) is 5.76 Å². The lowest BCUT2D eigenvalue weighted by Gasteiger charge is -2.02. The zero-order valence-electron chi connectivity index (χ0n) is 9.96. The molecule has 0 saturated carbocycles. The highest BCUT2D eigenvalue weighted by Gasteiger charge is 2.13. The quantitative estimate of drug-likeness (QED) is 0.732. The van der Waals surface area contributed by atoms with E-state index < -0.39 is 5.97 Å². The number of aryl methyl sites for hydroxylation is 1. The minimum absolute atomic E-state index is 0.00285. The molecule has 0 radical (unpaired) electrons. The van der Waals surface area contributed by atoms with E-state index in [2.05, 4.69) is 15.6 Å². The van der Waals surface area contributed by atoms with Crippen molar-refractivity contribution < 1.29 is 14.3 Å². The summed E-state index contributed by atoms with van der Waals surface area (Å²) in [5, 5.41) is 19.5. The van der Waals surface area contributed by atoms with Crippen LogP contribution >= 0.6 is 0 Å². The van der Waals surface area contributed by atoms with E-state index in [1.807, 2.05) is 0 Å². The first-order valence-electron chi connectivity index (χ1n) is 5.54. The van der Waals surface area contributed by atoms with Crippen LogP contribution in [0.25, 0.3) is 0 Å². The summed E-state index contributed by atoms with van der Waals surface area (Å²) in [6.07, 6.45) is 3.40. The third-order valence-corrected chi connectivity index (χ3v) is 2.45. The number of nitrogens with zero attached hydrogens (tertiary/aromatic N) is 3. The Bertz CT molecular complexity index is 518. The van der Waals surface area contributed by atoms with Crippen molar-refractivity contribution >= 4 is 5.97 Å². The van der Waals surface area contributed by atoms with Crippen LogP contribution in [0.3, 0.4) is 0 Å². The molecule has 0 unspecified atom stereocenters. The van der Waals surface area contributed by atoms with Gasteiger partial charge in [-0.25, -0.2) is 4.79 Å². The lowest BCUT2D eigenvalue weighted by atomic mass is 10.2. The molecule has 2 heterocycles. The highest BCUT2D eigenvalue weighted by Crippen LogP contribution is 2.14. The van der Waals surface area contributed by atoms with Crippen LogP contribution < -0.4 is 5.32 Å². The zero-order valence-corrected chi connectivity index (χ0v) is 9.96. The van der Waals surface area contributed by atoms with Crippen molar-refractivity contribution in [3.63, 3.8) is 0 Å². The summed E-state index contributed by atoms with van der Waals surface area (Å²) in [7, 11) is 0. The van der Waals surface area contributed by atoms with Crippen molar-refractivity contribution in [3.8, 4) is 0 Å². The molecule has 7 nitrogen and oxygen atoms in total. The smallest absolute Gasteiger partial charge is 0.372 e. The van der Waals surface area contributed by atoms with E-state index in [0.717, 1.165) is 0 Å². The van der Waals surface area contributed by atoms with Crippen LogP contribution in [0, 0.1) is 6.92 Å². The molecule has 2 aromatic heterocycles. The third kappa shape index (κ3) is 2.95. The van der Waals surface area contributed by atoms with Crippen LogP contribution in [0.5, 0.6) is 0 Å². The van der Waals surface area contributed by atoms with Gasteiger partial charge in [-0.2, -0.15) is 0 Å². The maximum Gasteiger partial charge on any atom is 0.372 e. The first-order valence-corrected chi connectivity index (χ1v) is 5.54. The van der Waals surface area contributed by atoms with E-state index in [1.165, 1.54) is 0 Å². The highest BCUT2D eigenvalue weighted by molar-refractivity contribution is 5.86. The molecule has 0 fully saturated rings. The Morgan fingerprint density at radius 1 is 1.61 bits per heavy atom. The molecule has 0 atom stereocenters. The molecule has 2 aromatic rings. The zero-order chi connectivity index (χ0) is 13.0. The van der Waals surface area contributed by atoms with E-state index in [-0.39, 0.29) is 5.76 Å². The summed E-state index contributed by atoms with van der Waals surface area (Å²) in [5.74, 6) is -0.423. The van der Waals surface area contributed by atoms with Crippen LogP contribution in [0.2, 0.25) is 0 Å². The third-order valence-electron chi connectivity index (χ3n) is 2.45. The average molecular weight is 250 g/mol. The number of carboxylic acids is 1. The first-order chi connectivity index (χ1) is 8.66. The molecule has 0 saturated heterocycles. The van der Waals surface area contributed by atoms with Crippen molar-refractivity contribution in [2.45, 2.75) is 20.0 Å². The Morgan fingerprint density at radius 2 is 2.44 bits per heavy atom. The van der Waals surface area contributed by atoms with Gasteiger partial charge >= 0.3 is 5.97 Å². The first kappa shape index (κ1) is 12.3. The predicted octanol–water partition coefficient (Wildman–Crippen LogP) is 0.668. The Morgan fingerprint density at radius 3 is 3.06 bits per heavy atom. The summed E-state index contributed by atoms with van der Waals surface area (Å²) in [6.45, 7) is 3.60. The van der Waals surface area contributed by atoms with E-state index in [4.69, 9.17) is 9.52 Å². The number of aromatic nitrogens is 3. The van der Waals surface area contributed by atoms with Crippen molar-refractivity contribution in [1.82, 2.24) is 20.3 Å². The summed E-state index contributed by atoms with van der Waals surface area (Å²) >= 11 is 0. The Hall–Kier alpha value is -2.15. The molecule has 7 heteroatoms. The van der Waals surface area contributed by atoms with Gasteiger partial charge in [0.25, 0.3) is 0 Å². The summed E-state index contributed by atoms with van der Waals surface area (Å²) < 4.78 is 6.93. The fourth-order valence-electron chi connectivity index (χ4n) is 1.60. The number of rotatable bonds is 6. The maximum absolute atomic E-state index is 10.8. The summed E-state index contributed by atoms with van der Waals surface area (Å²) in [6, 6.07) is 1.73. The second-order valence-corrected chi connectivity index (χ2v) is 3.87. The molecule has 96 valence electrons. The number of hydrogen-bond donors (Lipinski definition) is 2. The molecule has 2 rings (SSSR count). The number of carboxylic acid groups (broad SMARTS) is 1. The van der Waals surface area contributed by atoms with Gasteiger partial charge < -0.3 is 14.8 Å². The van der Waals surface area contributed by atoms with E-state index in [9.17, 15) is 4.79 Å². The number of carbonyl (C=O) groups is 1. The highest BCUT2D eigenvalue weighted by atomic mass is 16.4. The van der Waals surface area contributed by atoms with Gasteiger partial charge in [0.05, 0.1) is 19.3 Å². The lowest BCUT2D eigenvalue weighted by Crippen LogP contribution is -2.19. The van der Waals surface area contributed by atoms with Gasteiger partial charge in [0.15, 0.2) is 0 Å². The normalized spacial score (nSPS) is 10.7. The van der Waals surface area contributed by atoms with Crippen molar-refractivity contribution in [2.75, 3.05) is 6.54 Å². The monoisotopic (exact) mass is 250 g/mol. The molecular weight excluding hydrogens is 236 g/mol. The van der Waals surface area contributed by atoms with Gasteiger partial charge in [0, 0.05) is 18.3 Å². The van der Waals surface area contributed by atoms with Crippen molar-refractivity contribution in [2.24, 2.45) is 0 Å². The molecule has 0 bridgehead atoms. The Labute approximate surface area is 103 Å². The van der Waals surface area contributed by atoms with Crippen LogP contribution in [0.4, 0.5) is 0 Å². The maximum atomic E-state index is 10.8. The molecule has 18 heavy (non-hydrogen) atoms. The fraction of sp³-hybridized carbons (Fsp3) is 0.364. The van der Waals surface area contributed by atoms with Crippen molar-refractivity contribution in [3.05, 3.63) is 35.5 Å². The molecule has 0 aromatic carbocycles. The Balaban J connectivity index is 1.80. The second kappa shape index (κ2) is 5.46. The van der Waals surface area contributed by atoms with Crippen LogP contribution in [0.15, 0.2) is 22.9 Å². The predicted molar refractivity (Wildman–Crippen MR) is 62.1 cm³/mol. The number of furan rings is 1. The summed E-state index contributed by atoms with van der Waals surface area (Å²) in [5.41, 5.74) is 0.635. The van der Waals surface area contributed by atoms with E-state index in [1.54, 1.807) is 30.1 Å². The molecule has 0 spiro atoms.